The minimum absolute atomic E-state index is 0.938. The average Bonchev–Trinajstić information content (AvgIpc) is 1.27. The van der Waals surface area contributed by atoms with Crippen LogP contribution < -0.4 is 10.6 Å². The van der Waals surface area contributed by atoms with Crippen LogP contribution in [0.4, 0.5) is 0 Å². The van der Waals surface area contributed by atoms with Gasteiger partial charge in [-0.1, -0.05) is 0 Å². The monoisotopic (exact) mass is 74.1 g/mol. The lowest BCUT2D eigenvalue weighted by Gasteiger charge is -1.85. The number of rotatable bonds is 2. The summed E-state index contributed by atoms with van der Waals surface area (Å²) in [6, 6.07) is 0. The molecule has 0 aromatic heterocycles. The highest BCUT2D eigenvalue weighted by Gasteiger charge is 1.64. The molecule has 2 heteroatoms. The van der Waals surface area contributed by atoms with Crippen molar-refractivity contribution in [2.45, 2.75) is 0 Å². The highest BCUT2D eigenvalue weighted by Crippen LogP contribution is 1.41. The van der Waals surface area contributed by atoms with Crippen molar-refractivity contribution in [3.63, 3.8) is 0 Å². The Morgan fingerprint density at radius 2 is 2.00 bits per heavy atom. The zero-order valence-corrected chi connectivity index (χ0v) is 3.39. The molecule has 2 radical (unpaired) electrons. The Labute approximate surface area is 35.5 Å². The van der Waals surface area contributed by atoms with Crippen LogP contribution in [0.2, 0.25) is 2.82 Å². The fourth-order valence-electron chi connectivity index (χ4n) is 0.100. The second kappa shape index (κ2) is 3.92. The highest BCUT2D eigenvalue weighted by molar-refractivity contribution is 4.44. The van der Waals surface area contributed by atoms with E-state index in [4.69, 9.17) is 2.82 Å². The number of hydrogen-bond acceptors (Lipinski definition) is 2. The van der Waals surface area contributed by atoms with Crippen molar-refractivity contribution >= 4 is 0 Å². The standard InChI is InChI=1S/C3H8N2/c1-4-3-5-2/h4-5H,1-2H3/i4D,5D. The quantitative estimate of drug-likeness (QED) is 0.428. The van der Waals surface area contributed by atoms with E-state index in [0.29, 0.717) is 0 Å². The summed E-state index contributed by atoms with van der Waals surface area (Å²) in [7, 11) is 2.98. The summed E-state index contributed by atoms with van der Waals surface area (Å²) in [4.78, 5) is 0. The first-order chi connectivity index (χ1) is 3.13. The summed E-state index contributed by atoms with van der Waals surface area (Å²) in [6.45, 7) is 2.31. The molecule has 5 heavy (non-hydrogen) atoms. The predicted molar refractivity (Wildman–Crippen MR) is 21.4 cm³/mol. The van der Waals surface area contributed by atoms with Gasteiger partial charge in [0.15, 0.2) is 0 Å². The molecule has 0 atom stereocenters. The number of hydrogen-bond donors (Lipinski definition) is 2. The molecule has 0 spiro atoms. The molecule has 30 valence electrons. The van der Waals surface area contributed by atoms with Crippen molar-refractivity contribution in [2.75, 3.05) is 14.1 Å². The van der Waals surface area contributed by atoms with Gasteiger partial charge in [0, 0.05) is 0 Å². The van der Waals surface area contributed by atoms with Crippen molar-refractivity contribution in [1.82, 2.24) is 10.6 Å². The predicted octanol–water partition coefficient (Wildman–Crippen LogP) is -0.579. The first-order valence-electron chi connectivity index (χ1n) is 2.24. The zero-order chi connectivity index (χ0) is 5.86. The minimum atomic E-state index is 0.938. The first-order valence-corrected chi connectivity index (χ1v) is 1.34. The highest BCUT2D eigenvalue weighted by atomic mass is 15.0. The summed E-state index contributed by atoms with van der Waals surface area (Å²) in [5.41, 5.74) is 0. The van der Waals surface area contributed by atoms with Crippen LogP contribution in [0.3, 0.4) is 0 Å². The molecule has 0 aromatic carbocycles. The van der Waals surface area contributed by atoms with E-state index in [9.17, 15) is 0 Å². The molecule has 2 nitrogen and oxygen atoms in total. The maximum absolute atomic E-state index is 6.67. The molecule has 0 aliphatic rings. The van der Waals surface area contributed by atoms with Crippen LogP contribution in [0.5, 0.6) is 0 Å². The van der Waals surface area contributed by atoms with E-state index in [1.165, 1.54) is 14.1 Å². The summed E-state index contributed by atoms with van der Waals surface area (Å²) in [6.07, 6.45) is 0. The van der Waals surface area contributed by atoms with E-state index in [1.54, 1.807) is 0 Å². The van der Waals surface area contributed by atoms with Crippen molar-refractivity contribution in [3.8, 4) is 0 Å². The van der Waals surface area contributed by atoms with Crippen LogP contribution in [0.15, 0.2) is 0 Å². The van der Waals surface area contributed by atoms with Gasteiger partial charge in [0.1, 0.15) is 9.49 Å². The van der Waals surface area contributed by atoms with E-state index in [-0.39, 0.29) is 0 Å². The molecule has 0 aliphatic heterocycles. The smallest absolute Gasteiger partial charge is 0.140 e. The maximum atomic E-state index is 6.67. The van der Waals surface area contributed by atoms with Gasteiger partial charge in [-0.15, -0.1) is 0 Å². The maximum Gasteiger partial charge on any atom is 0.140 e. The van der Waals surface area contributed by atoms with Crippen molar-refractivity contribution in [2.24, 2.45) is 0 Å². The molecule has 0 aliphatic carbocycles. The largest absolute Gasteiger partial charge is 0.297 e. The minimum Gasteiger partial charge on any atom is -0.297 e. The fraction of sp³-hybridized carbons (Fsp3) is 0.667. The third-order valence-electron chi connectivity index (χ3n) is 0.200. The van der Waals surface area contributed by atoms with Crippen LogP contribution >= 0.6 is 0 Å². The van der Waals surface area contributed by atoms with Gasteiger partial charge in [-0.05, 0) is 14.1 Å². The average molecular weight is 74.1 g/mol. The second-order valence-electron chi connectivity index (χ2n) is 0.547. The van der Waals surface area contributed by atoms with Gasteiger partial charge in [0.05, 0.1) is 0 Å². The van der Waals surface area contributed by atoms with Crippen LogP contribution in [-0.4, -0.2) is 14.1 Å². The molecule has 0 heterocycles. The van der Waals surface area contributed by atoms with Gasteiger partial charge in [0.25, 0.3) is 0 Å². The molecule has 0 saturated carbocycles. The first kappa shape index (κ1) is 2.16. The summed E-state index contributed by atoms with van der Waals surface area (Å²) >= 11 is 0. The van der Waals surface area contributed by atoms with Gasteiger partial charge in [-0.3, -0.25) is 10.6 Å². The SMILES string of the molecule is [2H]N(C)[C]N([2H])C. The van der Waals surface area contributed by atoms with Gasteiger partial charge >= 0.3 is 0 Å². The lowest BCUT2D eigenvalue weighted by atomic mass is 11.0. The molecule has 0 amide bonds. The van der Waals surface area contributed by atoms with Crippen molar-refractivity contribution in [3.05, 3.63) is 6.67 Å². The molecular weight excluding hydrogens is 64.0 g/mol. The molecule has 0 saturated heterocycles. The number of nitrogens with one attached hydrogen (secondary N) is 2. The van der Waals surface area contributed by atoms with E-state index in [0.717, 1.165) is 10.6 Å². The Hall–Kier alpha value is -0.0800. The van der Waals surface area contributed by atoms with Gasteiger partial charge < -0.3 is 0 Å². The third-order valence-corrected chi connectivity index (χ3v) is 0.200. The molecule has 2 N–H and O–H groups in total. The van der Waals surface area contributed by atoms with Crippen LogP contribution in [0.25, 0.3) is 0 Å². The van der Waals surface area contributed by atoms with Gasteiger partial charge in [0.2, 0.25) is 0 Å². The van der Waals surface area contributed by atoms with E-state index >= 15 is 0 Å². The Morgan fingerprint density at radius 1 is 1.60 bits per heavy atom. The van der Waals surface area contributed by atoms with Gasteiger partial charge in [-0.2, -0.15) is 0 Å². The zero-order valence-electron chi connectivity index (χ0n) is 5.39. The lowest BCUT2D eigenvalue weighted by molar-refractivity contribution is 0.827. The second-order valence-corrected chi connectivity index (χ2v) is 0.547. The Balaban J connectivity index is 2.95. The summed E-state index contributed by atoms with van der Waals surface area (Å²) in [5.74, 6) is 0. The molecule has 0 unspecified atom stereocenters. The fourth-order valence-corrected chi connectivity index (χ4v) is 0.100. The molecule has 0 rings (SSSR count). The summed E-state index contributed by atoms with van der Waals surface area (Å²) < 4.78 is 13.3. The van der Waals surface area contributed by atoms with E-state index in [2.05, 4.69) is 6.67 Å². The van der Waals surface area contributed by atoms with E-state index < -0.39 is 0 Å². The van der Waals surface area contributed by atoms with Crippen LogP contribution in [0, 0.1) is 6.67 Å². The van der Waals surface area contributed by atoms with Crippen LogP contribution in [0.1, 0.15) is 0 Å². The van der Waals surface area contributed by atoms with Crippen molar-refractivity contribution in [1.29, 1.82) is 0 Å². The Bertz CT molecular complexity index is 40.2. The Kier molecular flexibility index (Phi) is 1.69. The molecule has 0 fully saturated rings. The van der Waals surface area contributed by atoms with Gasteiger partial charge in [-0.25, -0.2) is 0 Å². The molecule has 0 bridgehead atoms. The topological polar surface area (TPSA) is 24.1 Å². The van der Waals surface area contributed by atoms with Crippen molar-refractivity contribution < 1.29 is 2.82 Å². The third kappa shape index (κ3) is 3.92. The normalized spacial score (nSPS) is 16.0. The Morgan fingerprint density at radius 3 is 2.00 bits per heavy atom. The molecule has 0 aromatic rings. The van der Waals surface area contributed by atoms with Crippen LogP contribution in [-0.2, 0) is 0 Å². The summed E-state index contributed by atoms with van der Waals surface area (Å²) in [5, 5.41) is 1.88. The molecular formula is C3H8N2. The van der Waals surface area contributed by atoms with E-state index in [1.807, 2.05) is 0 Å². The lowest BCUT2D eigenvalue weighted by Crippen LogP contribution is -2.13.